The van der Waals surface area contributed by atoms with Gasteiger partial charge in [0.1, 0.15) is 24.3 Å². The normalized spacial score (nSPS) is 14.8. The van der Waals surface area contributed by atoms with Gasteiger partial charge in [-0.2, -0.15) is 31.0 Å². The molecule has 34 heavy (non-hydrogen) atoms. The minimum absolute atomic E-state index is 0.217. The fourth-order valence-corrected chi connectivity index (χ4v) is 6.80. The van der Waals surface area contributed by atoms with Gasteiger partial charge in [0, 0.05) is 10.8 Å². The van der Waals surface area contributed by atoms with Crippen LogP contribution in [0.15, 0.2) is 22.1 Å². The van der Waals surface area contributed by atoms with Gasteiger partial charge in [-0.25, -0.2) is 9.97 Å². The van der Waals surface area contributed by atoms with E-state index in [9.17, 15) is 0 Å². The summed E-state index contributed by atoms with van der Waals surface area (Å²) >= 11 is 2.76. The largest absolute Gasteiger partial charge is 0.222 e. The lowest BCUT2D eigenvalue weighted by molar-refractivity contribution is 0.632. The summed E-state index contributed by atoms with van der Waals surface area (Å²) in [5.74, 6) is 0. The van der Waals surface area contributed by atoms with Crippen LogP contribution in [0.4, 0.5) is 10.3 Å². The Morgan fingerprint density at radius 1 is 0.706 bits per heavy atom. The molecule has 2 aliphatic rings. The van der Waals surface area contributed by atoms with Crippen molar-refractivity contribution in [1.82, 2.24) is 9.97 Å². The zero-order valence-electron chi connectivity index (χ0n) is 18.5. The molecule has 0 unspecified atom stereocenters. The van der Waals surface area contributed by atoms with Crippen LogP contribution >= 0.6 is 22.7 Å². The summed E-state index contributed by atoms with van der Waals surface area (Å²) in [6.45, 7) is 8.40. The molecule has 2 aliphatic carbocycles. The maximum absolute atomic E-state index is 9.05. The first kappa shape index (κ1) is 21.6. The number of hydrogen-bond acceptors (Lipinski definition) is 10. The van der Waals surface area contributed by atoms with E-state index in [1.165, 1.54) is 22.7 Å². The molecule has 0 amide bonds. The highest BCUT2D eigenvalue weighted by Crippen LogP contribution is 2.59. The van der Waals surface area contributed by atoms with Gasteiger partial charge in [0.2, 0.25) is 21.7 Å². The van der Waals surface area contributed by atoms with Gasteiger partial charge in [0.05, 0.1) is 21.1 Å². The molecule has 0 aliphatic heterocycles. The molecule has 5 rings (SSSR count). The Labute approximate surface area is 203 Å². The predicted octanol–water partition coefficient (Wildman–Crippen LogP) is 5.45. The van der Waals surface area contributed by atoms with E-state index in [-0.39, 0.29) is 11.4 Å². The standard InChI is InChI=1S/C24H14N8S2/c1-23(2)15-5-14-16(6-13(15)17-19(23)31-21(33-17)29-11(7-25)8-26)24(3,4)20-18(14)34-22(32-20)30-12(9-27)10-28/h5-6H,1-4H3. The minimum Gasteiger partial charge on any atom is -0.222 e. The third kappa shape index (κ3) is 2.84. The number of thiazole rings is 2. The van der Waals surface area contributed by atoms with Crippen LogP contribution in [-0.2, 0) is 10.8 Å². The maximum atomic E-state index is 9.05. The van der Waals surface area contributed by atoms with E-state index in [1.54, 1.807) is 24.3 Å². The highest BCUT2D eigenvalue weighted by Gasteiger charge is 2.45. The molecule has 0 saturated heterocycles. The summed E-state index contributed by atoms with van der Waals surface area (Å²) in [5.41, 5.74) is 4.96. The highest BCUT2D eigenvalue weighted by atomic mass is 32.1. The highest BCUT2D eigenvalue weighted by molar-refractivity contribution is 7.19. The van der Waals surface area contributed by atoms with Crippen LogP contribution in [0.25, 0.3) is 20.9 Å². The Hall–Kier alpha value is -4.22. The summed E-state index contributed by atoms with van der Waals surface area (Å²) in [5, 5.41) is 37.0. The molecule has 0 radical (unpaired) electrons. The van der Waals surface area contributed by atoms with Crippen LogP contribution in [0.2, 0.25) is 0 Å². The molecule has 0 spiro atoms. The average molecular weight is 479 g/mol. The maximum Gasteiger partial charge on any atom is 0.220 e. The van der Waals surface area contributed by atoms with Crippen molar-refractivity contribution in [2.45, 2.75) is 38.5 Å². The third-order valence-corrected chi connectivity index (χ3v) is 8.21. The number of fused-ring (bicyclic) bond motifs is 6. The molecule has 10 heteroatoms. The summed E-state index contributed by atoms with van der Waals surface area (Å²) in [7, 11) is 0. The van der Waals surface area contributed by atoms with Gasteiger partial charge >= 0.3 is 0 Å². The SMILES string of the molecule is CC1(C)c2cc3c(cc2-c2sc(N=C(C#N)C#N)nc21)C(C)(C)c1nc(N=C(C#N)C#N)sc1-3. The molecular formula is C24H14N8S2. The zero-order chi connectivity index (χ0) is 24.4. The Morgan fingerprint density at radius 3 is 1.38 bits per heavy atom. The lowest BCUT2D eigenvalue weighted by atomic mass is 9.81. The predicted molar refractivity (Wildman–Crippen MR) is 130 cm³/mol. The van der Waals surface area contributed by atoms with Crippen molar-refractivity contribution in [1.29, 1.82) is 21.0 Å². The first-order valence-electron chi connectivity index (χ1n) is 10.2. The fourth-order valence-electron chi connectivity index (χ4n) is 4.53. The van der Waals surface area contributed by atoms with Crippen molar-refractivity contribution in [3.63, 3.8) is 0 Å². The van der Waals surface area contributed by atoms with E-state index in [0.717, 1.165) is 43.4 Å². The Morgan fingerprint density at radius 2 is 1.06 bits per heavy atom. The van der Waals surface area contributed by atoms with Gasteiger partial charge in [-0.15, -0.1) is 0 Å². The average Bonchev–Trinajstić information content (AvgIpc) is 3.52. The lowest BCUT2D eigenvalue weighted by Gasteiger charge is -2.23. The molecular weight excluding hydrogens is 464 g/mol. The Kier molecular flexibility index (Phi) is 4.54. The Balaban J connectivity index is 1.69. The van der Waals surface area contributed by atoms with E-state index in [0.29, 0.717) is 10.3 Å². The second kappa shape index (κ2) is 7.14. The van der Waals surface area contributed by atoms with Crippen LogP contribution < -0.4 is 0 Å². The van der Waals surface area contributed by atoms with E-state index < -0.39 is 10.8 Å². The van der Waals surface area contributed by atoms with Crippen molar-refractivity contribution in [2.24, 2.45) is 9.98 Å². The third-order valence-electron chi connectivity index (χ3n) is 6.25. The molecule has 0 saturated carbocycles. The molecule has 3 aromatic rings. The molecule has 8 nitrogen and oxygen atoms in total. The topological polar surface area (TPSA) is 146 Å². The van der Waals surface area contributed by atoms with Crippen molar-refractivity contribution >= 4 is 44.4 Å². The molecule has 0 N–H and O–H groups in total. The second-order valence-corrected chi connectivity index (χ2v) is 10.9. The van der Waals surface area contributed by atoms with Crippen molar-refractivity contribution in [3.05, 3.63) is 34.6 Å². The van der Waals surface area contributed by atoms with Gasteiger partial charge in [-0.3, -0.25) is 0 Å². The summed E-state index contributed by atoms with van der Waals surface area (Å²) in [4.78, 5) is 19.5. The number of nitrogens with zero attached hydrogens (tertiary/aromatic N) is 8. The number of aromatic nitrogens is 2. The molecule has 0 fully saturated rings. The molecule has 1 aromatic carbocycles. The number of hydrogen-bond donors (Lipinski definition) is 0. The fraction of sp³-hybridized carbons (Fsp3) is 0.250. The molecule has 0 atom stereocenters. The summed E-state index contributed by atoms with van der Waals surface area (Å²) in [6.07, 6.45) is 0. The van der Waals surface area contributed by atoms with E-state index >= 15 is 0 Å². The summed E-state index contributed by atoms with van der Waals surface area (Å²) < 4.78 is 0. The molecule has 2 aromatic heterocycles. The van der Waals surface area contributed by atoms with Crippen LogP contribution in [0.3, 0.4) is 0 Å². The van der Waals surface area contributed by atoms with Crippen LogP contribution in [0.5, 0.6) is 0 Å². The monoisotopic (exact) mass is 478 g/mol. The minimum atomic E-state index is -0.392. The number of rotatable bonds is 2. The van der Waals surface area contributed by atoms with Crippen LogP contribution in [0.1, 0.15) is 50.2 Å². The van der Waals surface area contributed by atoms with Crippen molar-refractivity contribution < 1.29 is 0 Å². The smallest absolute Gasteiger partial charge is 0.220 e. The van der Waals surface area contributed by atoms with Gasteiger partial charge in [-0.05, 0) is 34.4 Å². The van der Waals surface area contributed by atoms with E-state index in [4.69, 9.17) is 21.0 Å². The number of benzene rings is 1. The van der Waals surface area contributed by atoms with Crippen molar-refractivity contribution in [2.75, 3.05) is 0 Å². The van der Waals surface area contributed by atoms with Gasteiger partial charge in [0.25, 0.3) is 0 Å². The lowest BCUT2D eigenvalue weighted by Crippen LogP contribution is -2.18. The van der Waals surface area contributed by atoms with E-state index in [1.807, 2.05) is 0 Å². The van der Waals surface area contributed by atoms with Crippen molar-refractivity contribution in [3.8, 4) is 45.2 Å². The summed E-state index contributed by atoms with van der Waals surface area (Å²) in [6, 6.07) is 11.5. The number of nitriles is 4. The Bertz CT molecular complexity index is 1500. The molecule has 162 valence electrons. The molecule has 2 heterocycles. The second-order valence-electron chi connectivity index (χ2n) is 8.91. The van der Waals surface area contributed by atoms with Crippen LogP contribution in [0, 0.1) is 45.3 Å². The van der Waals surface area contributed by atoms with Gasteiger partial charge in [-0.1, -0.05) is 50.4 Å². The quantitative estimate of drug-likeness (QED) is 0.447. The van der Waals surface area contributed by atoms with Gasteiger partial charge < -0.3 is 0 Å². The number of aliphatic imine (C=N–C) groups is 2. The van der Waals surface area contributed by atoms with Crippen LogP contribution in [-0.4, -0.2) is 21.4 Å². The van der Waals surface area contributed by atoms with E-state index in [2.05, 4.69) is 59.8 Å². The zero-order valence-corrected chi connectivity index (χ0v) is 20.2. The van der Waals surface area contributed by atoms with Gasteiger partial charge in [0.15, 0.2) is 0 Å². The first-order valence-corrected chi connectivity index (χ1v) is 11.8. The molecule has 0 bridgehead atoms. The first-order chi connectivity index (χ1) is 16.1.